The Bertz CT molecular complexity index is 658. The number of likely N-dealkylation sites (N-methyl/N-ethyl adjacent to an activating group) is 1. The van der Waals surface area contributed by atoms with Crippen molar-refractivity contribution in [1.29, 1.82) is 0 Å². The van der Waals surface area contributed by atoms with Crippen molar-refractivity contribution in [3.63, 3.8) is 0 Å². The number of benzene rings is 1. The van der Waals surface area contributed by atoms with E-state index in [-0.39, 0.29) is 36.8 Å². The number of hydrogen-bond donors (Lipinski definition) is 1. The molecular formula is C16H21Cl2N3O2S. The molecule has 2 heterocycles. The number of carbonyl (C=O) groups excluding carboxylic acids is 1. The van der Waals surface area contributed by atoms with Gasteiger partial charge in [-0.15, -0.1) is 36.2 Å². The minimum absolute atomic E-state index is 0. The number of carbonyl (C=O) groups is 1. The van der Waals surface area contributed by atoms with Crippen molar-refractivity contribution < 1.29 is 9.53 Å². The summed E-state index contributed by atoms with van der Waals surface area (Å²) < 4.78 is 5.15. The molecule has 1 saturated heterocycles. The summed E-state index contributed by atoms with van der Waals surface area (Å²) in [5, 5.41) is 5.96. The Morgan fingerprint density at radius 3 is 2.62 bits per heavy atom. The van der Waals surface area contributed by atoms with Gasteiger partial charge in [0, 0.05) is 30.6 Å². The third kappa shape index (κ3) is 4.39. The summed E-state index contributed by atoms with van der Waals surface area (Å²) in [5.41, 5.74) is 1.51. The Morgan fingerprint density at radius 2 is 2.04 bits per heavy atom. The zero-order valence-electron chi connectivity index (χ0n) is 13.5. The van der Waals surface area contributed by atoms with Gasteiger partial charge in [0.05, 0.1) is 7.11 Å². The summed E-state index contributed by atoms with van der Waals surface area (Å²) >= 11 is 1.49. The third-order valence-corrected chi connectivity index (χ3v) is 4.85. The van der Waals surface area contributed by atoms with Crippen molar-refractivity contribution in [3.05, 3.63) is 35.3 Å². The first-order chi connectivity index (χ1) is 10.7. The van der Waals surface area contributed by atoms with Crippen LogP contribution in [0.4, 0.5) is 0 Å². The molecule has 1 aliphatic heterocycles. The van der Waals surface area contributed by atoms with Crippen molar-refractivity contribution in [3.8, 4) is 16.3 Å². The molecule has 0 spiro atoms. The standard InChI is InChI=1S/C16H19N3O2S.2ClH/c1-19(12-7-8-17-9-12)16(20)14-10-22-15(18-14)11-3-5-13(21-2)6-4-11;;/h3-6,10,12,17H,7-9H2,1-2H3;2*1H. The fourth-order valence-electron chi connectivity index (χ4n) is 2.55. The fourth-order valence-corrected chi connectivity index (χ4v) is 3.35. The second kappa shape index (κ2) is 9.22. The van der Waals surface area contributed by atoms with Crippen molar-refractivity contribution in [2.24, 2.45) is 0 Å². The monoisotopic (exact) mass is 389 g/mol. The molecule has 0 bridgehead atoms. The quantitative estimate of drug-likeness (QED) is 0.872. The van der Waals surface area contributed by atoms with Gasteiger partial charge >= 0.3 is 0 Å². The minimum Gasteiger partial charge on any atom is -0.497 e. The van der Waals surface area contributed by atoms with Gasteiger partial charge in [0.25, 0.3) is 5.91 Å². The maximum Gasteiger partial charge on any atom is 0.273 e. The lowest BCUT2D eigenvalue weighted by Gasteiger charge is -2.22. The molecular weight excluding hydrogens is 369 g/mol. The summed E-state index contributed by atoms with van der Waals surface area (Å²) in [7, 11) is 3.50. The first-order valence-corrected chi connectivity index (χ1v) is 8.15. The lowest BCUT2D eigenvalue weighted by molar-refractivity contribution is 0.0739. The highest BCUT2D eigenvalue weighted by molar-refractivity contribution is 7.13. The van der Waals surface area contributed by atoms with E-state index in [9.17, 15) is 4.79 Å². The van der Waals surface area contributed by atoms with Gasteiger partial charge in [0.2, 0.25) is 0 Å². The maximum absolute atomic E-state index is 12.5. The Morgan fingerprint density at radius 1 is 1.33 bits per heavy atom. The normalized spacial score (nSPS) is 16.0. The van der Waals surface area contributed by atoms with E-state index in [1.165, 1.54) is 11.3 Å². The molecule has 8 heteroatoms. The van der Waals surface area contributed by atoms with Gasteiger partial charge in [-0.3, -0.25) is 4.79 Å². The summed E-state index contributed by atoms with van der Waals surface area (Å²) in [5.74, 6) is 0.801. The Balaban J connectivity index is 0.00000144. The van der Waals surface area contributed by atoms with E-state index >= 15 is 0 Å². The lowest BCUT2D eigenvalue weighted by atomic mass is 10.2. The smallest absolute Gasteiger partial charge is 0.273 e. The van der Waals surface area contributed by atoms with Crippen LogP contribution in [0, 0.1) is 0 Å². The molecule has 1 fully saturated rings. The van der Waals surface area contributed by atoms with Crippen LogP contribution in [0.5, 0.6) is 5.75 Å². The van der Waals surface area contributed by atoms with Gasteiger partial charge < -0.3 is 15.0 Å². The van der Waals surface area contributed by atoms with E-state index in [4.69, 9.17) is 4.74 Å². The van der Waals surface area contributed by atoms with Crippen LogP contribution in [0.1, 0.15) is 16.9 Å². The van der Waals surface area contributed by atoms with E-state index < -0.39 is 0 Å². The molecule has 1 aliphatic rings. The van der Waals surface area contributed by atoms with Gasteiger partial charge in [-0.25, -0.2) is 4.98 Å². The number of ether oxygens (including phenoxy) is 1. The average Bonchev–Trinajstić information content (AvgIpc) is 3.25. The maximum atomic E-state index is 12.5. The molecule has 0 radical (unpaired) electrons. The third-order valence-electron chi connectivity index (χ3n) is 3.96. The number of thiazole rings is 1. The summed E-state index contributed by atoms with van der Waals surface area (Å²) in [6.45, 7) is 1.83. The number of aromatic nitrogens is 1. The Kier molecular flexibility index (Phi) is 7.96. The number of rotatable bonds is 4. The van der Waals surface area contributed by atoms with Gasteiger partial charge in [-0.2, -0.15) is 0 Å². The summed E-state index contributed by atoms with van der Waals surface area (Å²) in [4.78, 5) is 18.8. The Hall–Kier alpha value is -1.34. The molecule has 1 aromatic heterocycles. The van der Waals surface area contributed by atoms with Gasteiger partial charge in [-0.05, 0) is 37.2 Å². The van der Waals surface area contributed by atoms with E-state index in [0.717, 1.165) is 35.8 Å². The SMILES string of the molecule is COc1ccc(-c2nc(C(=O)N(C)C3CCNC3)cs2)cc1.Cl.Cl. The lowest BCUT2D eigenvalue weighted by Crippen LogP contribution is -2.38. The van der Waals surface area contributed by atoms with Crippen LogP contribution in [-0.2, 0) is 0 Å². The molecule has 3 rings (SSSR count). The topological polar surface area (TPSA) is 54.5 Å². The highest BCUT2D eigenvalue weighted by Gasteiger charge is 2.25. The van der Waals surface area contributed by atoms with Crippen molar-refractivity contribution in [2.75, 3.05) is 27.2 Å². The predicted molar refractivity (Wildman–Crippen MR) is 102 cm³/mol. The molecule has 1 amide bonds. The molecule has 2 aromatic rings. The van der Waals surface area contributed by atoms with E-state index in [1.54, 1.807) is 12.0 Å². The molecule has 1 aromatic carbocycles. The van der Waals surface area contributed by atoms with E-state index in [1.807, 2.05) is 36.7 Å². The highest BCUT2D eigenvalue weighted by Crippen LogP contribution is 2.26. The molecule has 5 nitrogen and oxygen atoms in total. The van der Waals surface area contributed by atoms with Crippen LogP contribution >= 0.6 is 36.2 Å². The van der Waals surface area contributed by atoms with Gasteiger partial charge in [0.1, 0.15) is 16.5 Å². The van der Waals surface area contributed by atoms with Gasteiger partial charge in [0.15, 0.2) is 0 Å². The number of nitrogens with one attached hydrogen (secondary N) is 1. The molecule has 1 atom stereocenters. The zero-order valence-corrected chi connectivity index (χ0v) is 16.0. The number of methoxy groups -OCH3 is 1. The number of hydrogen-bond acceptors (Lipinski definition) is 5. The fraction of sp³-hybridized carbons (Fsp3) is 0.375. The van der Waals surface area contributed by atoms with Crippen molar-refractivity contribution in [1.82, 2.24) is 15.2 Å². The number of nitrogens with zero attached hydrogens (tertiary/aromatic N) is 2. The van der Waals surface area contributed by atoms with E-state index in [0.29, 0.717) is 5.69 Å². The van der Waals surface area contributed by atoms with Crippen molar-refractivity contribution in [2.45, 2.75) is 12.5 Å². The van der Waals surface area contributed by atoms with Crippen LogP contribution < -0.4 is 10.1 Å². The first kappa shape index (κ1) is 20.7. The average molecular weight is 390 g/mol. The molecule has 1 N–H and O–H groups in total. The predicted octanol–water partition coefficient (Wildman–Crippen LogP) is 3.10. The van der Waals surface area contributed by atoms with Crippen LogP contribution in [0.15, 0.2) is 29.6 Å². The molecule has 0 aliphatic carbocycles. The highest BCUT2D eigenvalue weighted by atomic mass is 35.5. The molecule has 1 unspecified atom stereocenters. The van der Waals surface area contributed by atoms with E-state index in [2.05, 4.69) is 10.3 Å². The summed E-state index contributed by atoms with van der Waals surface area (Å²) in [6.07, 6.45) is 0.998. The van der Waals surface area contributed by atoms with Gasteiger partial charge in [-0.1, -0.05) is 0 Å². The minimum atomic E-state index is -0.00953. The second-order valence-electron chi connectivity index (χ2n) is 5.33. The number of halogens is 2. The zero-order chi connectivity index (χ0) is 15.5. The Labute approximate surface area is 158 Å². The van der Waals surface area contributed by atoms with Crippen LogP contribution in [-0.4, -0.2) is 49.1 Å². The number of amides is 1. The molecule has 0 saturated carbocycles. The van der Waals surface area contributed by atoms with Crippen LogP contribution in [0.2, 0.25) is 0 Å². The van der Waals surface area contributed by atoms with Crippen LogP contribution in [0.25, 0.3) is 10.6 Å². The molecule has 132 valence electrons. The first-order valence-electron chi connectivity index (χ1n) is 7.27. The second-order valence-corrected chi connectivity index (χ2v) is 6.19. The van der Waals surface area contributed by atoms with Crippen LogP contribution in [0.3, 0.4) is 0 Å². The molecule has 24 heavy (non-hydrogen) atoms. The largest absolute Gasteiger partial charge is 0.497 e. The summed E-state index contributed by atoms with van der Waals surface area (Å²) in [6, 6.07) is 7.97. The van der Waals surface area contributed by atoms with Crippen molar-refractivity contribution >= 4 is 42.1 Å².